The van der Waals surface area contributed by atoms with Gasteiger partial charge in [0.15, 0.2) is 0 Å². The van der Waals surface area contributed by atoms with Crippen LogP contribution in [0.5, 0.6) is 0 Å². The van der Waals surface area contributed by atoms with Gasteiger partial charge in [-0.25, -0.2) is 13.2 Å². The number of nitro groups is 1. The molecule has 1 aromatic rings. The molecule has 1 heterocycles. The van der Waals surface area contributed by atoms with Crippen LogP contribution in [-0.4, -0.2) is 66.7 Å². The highest BCUT2D eigenvalue weighted by atomic mass is 32.2. The minimum absolute atomic E-state index is 0.0422. The number of nitro benzene ring substituents is 1. The van der Waals surface area contributed by atoms with Gasteiger partial charge in [0.2, 0.25) is 15.9 Å². The molecule has 29 heavy (non-hydrogen) atoms. The Morgan fingerprint density at radius 3 is 2.41 bits per heavy atom. The van der Waals surface area contributed by atoms with E-state index in [1.54, 1.807) is 0 Å². The monoisotopic (exact) mass is 427 g/mol. The molecule has 0 saturated carbocycles. The van der Waals surface area contributed by atoms with Crippen LogP contribution in [0.2, 0.25) is 0 Å². The molecule has 2 rings (SSSR count). The molecule has 0 aromatic heterocycles. The molecule has 3 amide bonds. The molecule has 160 valence electrons. The maximum absolute atomic E-state index is 12.8. The minimum Gasteiger partial charge on any atom is -0.352 e. The number of hydrogen-bond donors (Lipinski definition) is 2. The highest BCUT2D eigenvalue weighted by molar-refractivity contribution is 7.89. The fraction of sp³-hybridized carbons (Fsp3) is 0.529. The van der Waals surface area contributed by atoms with Gasteiger partial charge in [0.05, 0.1) is 9.82 Å². The Balaban J connectivity index is 2.11. The van der Waals surface area contributed by atoms with Crippen molar-refractivity contribution in [2.45, 2.75) is 31.2 Å². The quantitative estimate of drug-likeness (QED) is 0.477. The number of nitrogens with two attached hydrogens (primary N) is 1. The maximum atomic E-state index is 12.8. The molecule has 1 aliphatic rings. The Labute approximate surface area is 169 Å². The second-order valence-electron chi connectivity index (χ2n) is 6.86. The predicted molar refractivity (Wildman–Crippen MR) is 104 cm³/mol. The summed E-state index contributed by atoms with van der Waals surface area (Å²) in [6.45, 7) is 4.07. The van der Waals surface area contributed by atoms with Gasteiger partial charge in [-0.05, 0) is 12.0 Å². The molecule has 0 unspecified atom stereocenters. The molecule has 11 nitrogen and oxygen atoms in total. The predicted octanol–water partition coefficient (Wildman–Crippen LogP) is 0.511. The van der Waals surface area contributed by atoms with E-state index in [2.05, 4.69) is 5.32 Å². The van der Waals surface area contributed by atoms with Gasteiger partial charge < -0.3 is 16.0 Å². The summed E-state index contributed by atoms with van der Waals surface area (Å²) in [7, 11) is -3.93. The molecule has 3 N–H and O–H groups in total. The number of primary amides is 1. The summed E-state index contributed by atoms with van der Waals surface area (Å²) in [5.41, 5.74) is 4.86. The summed E-state index contributed by atoms with van der Waals surface area (Å²) in [5, 5.41) is 13.4. The van der Waals surface area contributed by atoms with E-state index in [1.807, 2.05) is 13.8 Å². The van der Waals surface area contributed by atoms with Crippen molar-refractivity contribution in [1.29, 1.82) is 0 Å². The third-order valence-electron chi connectivity index (χ3n) is 4.99. The Morgan fingerprint density at radius 1 is 1.28 bits per heavy atom. The number of nitrogens with zero attached hydrogens (tertiary/aromatic N) is 3. The zero-order valence-corrected chi connectivity index (χ0v) is 17.1. The van der Waals surface area contributed by atoms with Crippen molar-refractivity contribution in [3.05, 3.63) is 34.4 Å². The van der Waals surface area contributed by atoms with Crippen LogP contribution < -0.4 is 11.1 Å². The Morgan fingerprint density at radius 2 is 1.90 bits per heavy atom. The summed E-state index contributed by atoms with van der Waals surface area (Å²) >= 11 is 0. The highest BCUT2D eigenvalue weighted by Crippen LogP contribution is 2.22. The Kier molecular flexibility index (Phi) is 7.14. The molecule has 0 bridgehead atoms. The van der Waals surface area contributed by atoms with Crippen molar-refractivity contribution in [2.24, 2.45) is 11.7 Å². The second-order valence-corrected chi connectivity index (χ2v) is 8.79. The van der Waals surface area contributed by atoms with Crippen molar-refractivity contribution < 1.29 is 22.9 Å². The first-order chi connectivity index (χ1) is 13.6. The second kappa shape index (κ2) is 9.18. The van der Waals surface area contributed by atoms with Crippen LogP contribution in [0.4, 0.5) is 10.5 Å². The lowest BCUT2D eigenvalue weighted by Crippen LogP contribution is -2.57. The van der Waals surface area contributed by atoms with Crippen LogP contribution in [0, 0.1) is 16.0 Å². The van der Waals surface area contributed by atoms with E-state index in [0.717, 1.165) is 6.07 Å². The van der Waals surface area contributed by atoms with E-state index in [9.17, 15) is 28.1 Å². The fourth-order valence-corrected chi connectivity index (χ4v) is 4.55. The van der Waals surface area contributed by atoms with Gasteiger partial charge in [-0.3, -0.25) is 14.9 Å². The summed E-state index contributed by atoms with van der Waals surface area (Å²) in [5.74, 6) is -0.452. The van der Waals surface area contributed by atoms with Gasteiger partial charge >= 0.3 is 6.03 Å². The number of non-ortho nitro benzene ring substituents is 1. The number of amides is 3. The lowest BCUT2D eigenvalue weighted by molar-refractivity contribution is -0.385. The number of nitrogens with one attached hydrogen (secondary N) is 1. The first-order valence-corrected chi connectivity index (χ1v) is 10.6. The molecule has 2 atom stereocenters. The maximum Gasteiger partial charge on any atom is 0.312 e. The molecule has 1 saturated heterocycles. The first kappa shape index (κ1) is 22.6. The molecule has 1 aromatic carbocycles. The van der Waals surface area contributed by atoms with Gasteiger partial charge in [-0.2, -0.15) is 4.31 Å². The molecule has 1 fully saturated rings. The highest BCUT2D eigenvalue weighted by Gasteiger charge is 2.34. The van der Waals surface area contributed by atoms with Crippen LogP contribution >= 0.6 is 0 Å². The summed E-state index contributed by atoms with van der Waals surface area (Å²) in [6.07, 6.45) is 0.651. The number of carbonyl (C=O) groups is 2. The lowest BCUT2D eigenvalue weighted by atomic mass is 9.97. The van der Waals surface area contributed by atoms with Crippen molar-refractivity contribution >= 4 is 27.6 Å². The molecular formula is C17H25N5O6S. The summed E-state index contributed by atoms with van der Waals surface area (Å²) < 4.78 is 26.8. The smallest absolute Gasteiger partial charge is 0.312 e. The van der Waals surface area contributed by atoms with E-state index in [4.69, 9.17) is 5.73 Å². The van der Waals surface area contributed by atoms with Gasteiger partial charge in [0, 0.05) is 38.3 Å². The normalized spacial score (nSPS) is 17.4. The van der Waals surface area contributed by atoms with Gasteiger partial charge in [-0.1, -0.05) is 26.3 Å². The van der Waals surface area contributed by atoms with Crippen molar-refractivity contribution in [1.82, 2.24) is 14.5 Å². The number of piperazine rings is 1. The number of benzene rings is 1. The van der Waals surface area contributed by atoms with Gasteiger partial charge in [-0.15, -0.1) is 0 Å². The number of sulfonamides is 1. The van der Waals surface area contributed by atoms with Crippen LogP contribution in [0.3, 0.4) is 0 Å². The van der Waals surface area contributed by atoms with Crippen molar-refractivity contribution in [2.75, 3.05) is 26.2 Å². The zero-order valence-electron chi connectivity index (χ0n) is 16.3. The van der Waals surface area contributed by atoms with Gasteiger partial charge in [0.25, 0.3) is 5.69 Å². The van der Waals surface area contributed by atoms with Crippen LogP contribution in [-0.2, 0) is 14.8 Å². The average molecular weight is 427 g/mol. The fourth-order valence-electron chi connectivity index (χ4n) is 3.09. The molecular weight excluding hydrogens is 402 g/mol. The average Bonchev–Trinajstić information content (AvgIpc) is 2.71. The largest absolute Gasteiger partial charge is 0.352 e. The van der Waals surface area contributed by atoms with Crippen LogP contribution in [0.25, 0.3) is 0 Å². The van der Waals surface area contributed by atoms with Gasteiger partial charge in [0.1, 0.15) is 6.04 Å². The zero-order chi connectivity index (χ0) is 21.8. The summed E-state index contributed by atoms with van der Waals surface area (Å²) in [4.78, 5) is 35.6. The number of rotatable bonds is 7. The van der Waals surface area contributed by atoms with Crippen molar-refractivity contribution in [3.63, 3.8) is 0 Å². The minimum atomic E-state index is -3.93. The molecule has 1 aliphatic heterocycles. The Bertz CT molecular complexity index is 882. The molecule has 0 spiro atoms. The third-order valence-corrected chi connectivity index (χ3v) is 6.89. The van der Waals surface area contributed by atoms with E-state index in [1.165, 1.54) is 27.4 Å². The van der Waals surface area contributed by atoms with E-state index >= 15 is 0 Å². The number of urea groups is 1. The lowest BCUT2D eigenvalue weighted by Gasteiger charge is -2.36. The SMILES string of the molecule is CC[C@H](C)[C@H](NC(N)=O)C(=O)N1CCN(S(=O)(=O)c2cccc([N+](=O)[O-])c2)CC1. The first-order valence-electron chi connectivity index (χ1n) is 9.17. The van der Waals surface area contributed by atoms with E-state index in [-0.39, 0.29) is 48.6 Å². The molecule has 0 aliphatic carbocycles. The number of carbonyl (C=O) groups excluding carboxylic acids is 2. The van der Waals surface area contributed by atoms with Crippen LogP contribution in [0.1, 0.15) is 20.3 Å². The third kappa shape index (κ3) is 5.21. The van der Waals surface area contributed by atoms with E-state index in [0.29, 0.717) is 6.42 Å². The topological polar surface area (TPSA) is 156 Å². The molecule has 12 heteroatoms. The number of hydrogen-bond acceptors (Lipinski definition) is 6. The summed E-state index contributed by atoms with van der Waals surface area (Å²) in [6, 6.07) is 3.28. The Hall–Kier alpha value is -2.73. The van der Waals surface area contributed by atoms with Crippen LogP contribution in [0.15, 0.2) is 29.2 Å². The van der Waals surface area contributed by atoms with Crippen molar-refractivity contribution in [3.8, 4) is 0 Å². The standard InChI is InChI=1S/C17H25N5O6S/c1-3-12(2)15(19-17(18)24)16(23)20-7-9-21(10-8-20)29(27,28)14-6-4-5-13(11-14)22(25)26/h4-6,11-12,15H,3,7-10H2,1-2H3,(H3,18,19,24)/t12-,15-/m0/s1. The molecule has 0 radical (unpaired) electrons. The van der Waals surface area contributed by atoms with E-state index < -0.39 is 27.0 Å².